The number of benzene rings is 3. The Morgan fingerprint density at radius 1 is 0.806 bits per heavy atom. The highest BCUT2D eigenvalue weighted by molar-refractivity contribution is 6.30. The van der Waals surface area contributed by atoms with E-state index in [0.717, 1.165) is 48.3 Å². The molecule has 3 aromatic rings. The molecule has 162 valence electrons. The minimum Gasteiger partial charge on any atom is -0.368 e. The lowest BCUT2D eigenvalue weighted by molar-refractivity contribution is -0.131. The molecule has 0 unspecified atom stereocenters. The van der Waals surface area contributed by atoms with Crippen LogP contribution in [0, 0.1) is 0 Å². The summed E-state index contributed by atoms with van der Waals surface area (Å²) in [5.41, 5.74) is 3.32. The van der Waals surface area contributed by atoms with E-state index in [9.17, 15) is 4.79 Å². The van der Waals surface area contributed by atoms with Crippen molar-refractivity contribution < 1.29 is 4.79 Å². The molecule has 4 nitrogen and oxygen atoms in total. The number of para-hydroxylation sites is 2. The summed E-state index contributed by atoms with van der Waals surface area (Å²) in [4.78, 5) is 19.4. The largest absolute Gasteiger partial charge is 0.368 e. The number of carbonyl (C=O) groups excluding carboxylic acids is 1. The molecule has 0 aromatic heterocycles. The minimum atomic E-state index is 0. The quantitative estimate of drug-likeness (QED) is 0.481. The molecule has 0 atom stereocenters. The van der Waals surface area contributed by atoms with Gasteiger partial charge in [0.1, 0.15) is 0 Å². The van der Waals surface area contributed by atoms with Gasteiger partial charge in [-0.2, -0.15) is 0 Å². The predicted molar refractivity (Wildman–Crippen MR) is 132 cm³/mol. The molecule has 4 rings (SSSR count). The molecule has 0 aliphatic carbocycles. The second kappa shape index (κ2) is 11.1. The number of carbonyl (C=O) groups is 1. The first kappa shape index (κ1) is 23.0. The molecule has 31 heavy (non-hydrogen) atoms. The Morgan fingerprint density at radius 2 is 1.39 bits per heavy atom. The Labute approximate surface area is 195 Å². The van der Waals surface area contributed by atoms with Gasteiger partial charge in [0.05, 0.1) is 0 Å². The molecule has 0 spiro atoms. The topological polar surface area (TPSA) is 26.8 Å². The minimum absolute atomic E-state index is 0. The fourth-order valence-corrected chi connectivity index (χ4v) is 4.06. The van der Waals surface area contributed by atoms with Gasteiger partial charge >= 0.3 is 0 Å². The molecule has 1 saturated heterocycles. The van der Waals surface area contributed by atoms with E-state index in [-0.39, 0.29) is 18.3 Å². The van der Waals surface area contributed by atoms with Crippen molar-refractivity contribution in [3.05, 3.63) is 90.0 Å². The number of hydrogen-bond acceptors (Lipinski definition) is 3. The predicted octanol–water partition coefficient (Wildman–Crippen LogP) is 5.64. The molecule has 1 heterocycles. The van der Waals surface area contributed by atoms with E-state index in [1.54, 1.807) is 0 Å². The Kier molecular flexibility index (Phi) is 8.21. The summed E-state index contributed by atoms with van der Waals surface area (Å²) in [6.07, 6.45) is 0.487. The van der Waals surface area contributed by atoms with Crippen molar-refractivity contribution in [2.24, 2.45) is 0 Å². The van der Waals surface area contributed by atoms with E-state index in [1.165, 1.54) is 0 Å². The Balaban J connectivity index is 0.00000272. The first-order valence-electron chi connectivity index (χ1n) is 10.4. The third-order valence-corrected chi connectivity index (χ3v) is 5.73. The average molecular weight is 456 g/mol. The van der Waals surface area contributed by atoms with Gasteiger partial charge in [-0.25, -0.2) is 0 Å². The molecule has 0 bridgehead atoms. The van der Waals surface area contributed by atoms with Gasteiger partial charge in [-0.3, -0.25) is 4.79 Å². The number of amides is 1. The maximum absolute atomic E-state index is 12.9. The summed E-state index contributed by atoms with van der Waals surface area (Å²) in [5, 5.41) is 0.743. The van der Waals surface area contributed by atoms with Crippen molar-refractivity contribution in [1.82, 2.24) is 4.90 Å². The van der Waals surface area contributed by atoms with E-state index < -0.39 is 0 Å². The van der Waals surface area contributed by atoms with Crippen molar-refractivity contribution in [2.45, 2.75) is 6.42 Å². The molecule has 1 aliphatic heterocycles. The molecule has 0 N–H and O–H groups in total. The zero-order chi connectivity index (χ0) is 20.8. The van der Waals surface area contributed by atoms with Crippen LogP contribution in [0.2, 0.25) is 5.02 Å². The van der Waals surface area contributed by atoms with Crippen LogP contribution in [0.4, 0.5) is 17.1 Å². The molecule has 6 heteroatoms. The molecular formula is C25H27Cl2N3O. The molecule has 1 amide bonds. The van der Waals surface area contributed by atoms with Crippen molar-refractivity contribution in [1.29, 1.82) is 0 Å². The second-order valence-corrected chi connectivity index (χ2v) is 7.86. The normalized spacial score (nSPS) is 13.5. The van der Waals surface area contributed by atoms with Gasteiger partial charge in [-0.15, -0.1) is 12.4 Å². The number of hydrogen-bond donors (Lipinski definition) is 0. The third-order valence-electron chi connectivity index (χ3n) is 5.49. The summed E-state index contributed by atoms with van der Waals surface area (Å²) < 4.78 is 0. The van der Waals surface area contributed by atoms with Crippen LogP contribution < -0.4 is 9.80 Å². The van der Waals surface area contributed by atoms with Crippen LogP contribution >= 0.6 is 24.0 Å². The van der Waals surface area contributed by atoms with E-state index in [1.807, 2.05) is 59.5 Å². The van der Waals surface area contributed by atoms with Crippen LogP contribution in [0.5, 0.6) is 0 Å². The molecule has 3 aromatic carbocycles. The van der Waals surface area contributed by atoms with Crippen molar-refractivity contribution >= 4 is 47.0 Å². The number of halogens is 2. The summed E-state index contributed by atoms with van der Waals surface area (Å²) in [7, 11) is 0. The number of piperazine rings is 1. The van der Waals surface area contributed by atoms with Crippen molar-refractivity contribution in [3.63, 3.8) is 0 Å². The molecule has 1 fully saturated rings. The van der Waals surface area contributed by atoms with Crippen molar-refractivity contribution in [3.8, 4) is 0 Å². The van der Waals surface area contributed by atoms with Gasteiger partial charge in [-0.05, 0) is 42.5 Å². The maximum atomic E-state index is 12.9. The van der Waals surface area contributed by atoms with E-state index >= 15 is 0 Å². The number of nitrogens with zero attached hydrogens (tertiary/aromatic N) is 3. The highest BCUT2D eigenvalue weighted by Crippen LogP contribution is 2.25. The summed E-state index contributed by atoms with van der Waals surface area (Å²) in [5.74, 6) is 0.206. The summed E-state index contributed by atoms with van der Waals surface area (Å²) in [6.45, 7) is 3.78. The van der Waals surface area contributed by atoms with Crippen LogP contribution in [-0.4, -0.2) is 43.5 Å². The van der Waals surface area contributed by atoms with Gasteiger partial charge in [0.2, 0.25) is 5.91 Å². The Bertz CT molecular complexity index is 921. The van der Waals surface area contributed by atoms with E-state index in [2.05, 4.69) is 40.1 Å². The lowest BCUT2D eigenvalue weighted by Crippen LogP contribution is -2.49. The van der Waals surface area contributed by atoms with Gasteiger partial charge < -0.3 is 14.7 Å². The summed E-state index contributed by atoms with van der Waals surface area (Å²) >= 11 is 6.12. The van der Waals surface area contributed by atoms with E-state index in [0.29, 0.717) is 13.0 Å². The fraction of sp³-hybridized carbons (Fsp3) is 0.240. The lowest BCUT2D eigenvalue weighted by atomic mass is 10.2. The zero-order valence-corrected chi connectivity index (χ0v) is 18.9. The van der Waals surface area contributed by atoms with Gasteiger partial charge in [0.15, 0.2) is 0 Å². The van der Waals surface area contributed by atoms with Gasteiger partial charge in [-0.1, -0.05) is 54.1 Å². The fourth-order valence-electron chi connectivity index (χ4n) is 3.88. The molecule has 0 saturated carbocycles. The van der Waals surface area contributed by atoms with E-state index in [4.69, 9.17) is 11.6 Å². The highest BCUT2D eigenvalue weighted by atomic mass is 35.5. The van der Waals surface area contributed by atoms with Crippen LogP contribution in [-0.2, 0) is 4.79 Å². The van der Waals surface area contributed by atoms with Crippen LogP contribution in [0.3, 0.4) is 0 Å². The molecule has 1 aliphatic rings. The summed E-state index contributed by atoms with van der Waals surface area (Å²) in [6, 6.07) is 28.4. The number of rotatable bonds is 6. The molecular weight excluding hydrogens is 429 g/mol. The average Bonchev–Trinajstić information content (AvgIpc) is 2.81. The SMILES string of the molecule is Cl.O=C(CCN(c1ccccc1)c1ccccc1)N1CCN(c2cccc(Cl)c2)CC1. The molecule has 0 radical (unpaired) electrons. The van der Waals surface area contributed by atoms with Crippen LogP contribution in [0.15, 0.2) is 84.9 Å². The van der Waals surface area contributed by atoms with Crippen LogP contribution in [0.1, 0.15) is 6.42 Å². The highest BCUT2D eigenvalue weighted by Gasteiger charge is 2.22. The zero-order valence-electron chi connectivity index (χ0n) is 17.4. The van der Waals surface area contributed by atoms with Crippen molar-refractivity contribution in [2.75, 3.05) is 42.5 Å². The second-order valence-electron chi connectivity index (χ2n) is 7.42. The lowest BCUT2D eigenvalue weighted by Gasteiger charge is -2.36. The third kappa shape index (κ3) is 5.93. The Hall–Kier alpha value is -2.69. The Morgan fingerprint density at radius 3 is 1.94 bits per heavy atom. The first-order valence-corrected chi connectivity index (χ1v) is 10.7. The van der Waals surface area contributed by atoms with Gasteiger partial charge in [0.25, 0.3) is 0 Å². The van der Waals surface area contributed by atoms with Gasteiger partial charge in [0, 0.05) is 61.2 Å². The smallest absolute Gasteiger partial charge is 0.224 e. The standard InChI is InChI=1S/C25H26ClN3O.ClH/c26-21-8-7-13-24(20-21)27-16-18-28(19-17-27)25(30)14-15-29(22-9-3-1-4-10-22)23-11-5-2-6-12-23;/h1-13,20H,14-19H2;1H. The monoisotopic (exact) mass is 455 g/mol. The maximum Gasteiger partial charge on any atom is 0.224 e. The first-order chi connectivity index (χ1) is 14.7. The number of anilines is 3. The van der Waals surface area contributed by atoms with Crippen LogP contribution in [0.25, 0.3) is 0 Å².